The summed E-state index contributed by atoms with van der Waals surface area (Å²) in [5, 5.41) is 0. The first-order valence-corrected chi connectivity index (χ1v) is 7.96. The number of rotatable bonds is 12. The predicted molar refractivity (Wildman–Crippen MR) is 82.3 cm³/mol. The summed E-state index contributed by atoms with van der Waals surface area (Å²) in [4.78, 5) is 22.7. The Morgan fingerprint density at radius 3 is 1.40 bits per heavy atom. The topological polar surface area (TPSA) is 89.4 Å². The molecule has 5 heteroatoms. The van der Waals surface area contributed by atoms with Crippen molar-refractivity contribution in [2.24, 2.45) is 11.5 Å². The molecular formula is C15H31N3O2. The van der Waals surface area contributed by atoms with Crippen LogP contribution in [-0.2, 0) is 0 Å². The fourth-order valence-corrected chi connectivity index (χ4v) is 2.26. The maximum Gasteiger partial charge on any atom is 0.322 e. The zero-order chi connectivity index (χ0) is 15.2. The van der Waals surface area contributed by atoms with Crippen LogP contribution >= 0.6 is 0 Å². The van der Waals surface area contributed by atoms with Gasteiger partial charge in [-0.1, -0.05) is 71.1 Å². The molecular weight excluding hydrogens is 254 g/mol. The first-order valence-electron chi connectivity index (χ1n) is 7.96. The molecule has 4 N–H and O–H groups in total. The van der Waals surface area contributed by atoms with Gasteiger partial charge in [0.25, 0.3) is 0 Å². The number of hydrogen-bond acceptors (Lipinski definition) is 2. The zero-order valence-electron chi connectivity index (χ0n) is 12.9. The summed E-state index contributed by atoms with van der Waals surface area (Å²) >= 11 is 0. The van der Waals surface area contributed by atoms with Crippen molar-refractivity contribution in [1.29, 1.82) is 0 Å². The molecule has 0 bridgehead atoms. The van der Waals surface area contributed by atoms with Crippen LogP contribution in [0.1, 0.15) is 77.6 Å². The average Bonchev–Trinajstić information content (AvgIpc) is 2.39. The molecule has 5 nitrogen and oxygen atoms in total. The average molecular weight is 285 g/mol. The van der Waals surface area contributed by atoms with Gasteiger partial charge in [-0.25, -0.2) is 14.5 Å². The lowest BCUT2D eigenvalue weighted by Crippen LogP contribution is -2.44. The van der Waals surface area contributed by atoms with Crippen molar-refractivity contribution in [3.05, 3.63) is 0 Å². The fourth-order valence-electron chi connectivity index (χ4n) is 2.26. The molecule has 0 radical (unpaired) electrons. The number of primary amides is 2. The molecule has 0 saturated carbocycles. The summed E-state index contributed by atoms with van der Waals surface area (Å²) in [6.07, 6.45) is 13.5. The van der Waals surface area contributed by atoms with Gasteiger partial charge >= 0.3 is 12.1 Å². The third kappa shape index (κ3) is 10.6. The van der Waals surface area contributed by atoms with Gasteiger partial charge in [0, 0.05) is 6.54 Å². The number of nitrogens with zero attached hydrogens (tertiary/aromatic N) is 1. The van der Waals surface area contributed by atoms with Gasteiger partial charge in [0.2, 0.25) is 0 Å². The van der Waals surface area contributed by atoms with Crippen molar-refractivity contribution in [1.82, 2.24) is 4.90 Å². The van der Waals surface area contributed by atoms with Crippen molar-refractivity contribution in [3.8, 4) is 0 Å². The first kappa shape index (κ1) is 18.7. The minimum Gasteiger partial charge on any atom is -0.351 e. The monoisotopic (exact) mass is 285 g/mol. The van der Waals surface area contributed by atoms with E-state index in [2.05, 4.69) is 6.92 Å². The second kappa shape index (κ2) is 12.8. The number of carbonyl (C=O) groups is 2. The van der Waals surface area contributed by atoms with E-state index < -0.39 is 12.1 Å². The number of unbranched alkanes of at least 4 members (excludes halogenated alkanes) is 10. The summed E-state index contributed by atoms with van der Waals surface area (Å²) in [6, 6.07) is -1.52. The van der Waals surface area contributed by atoms with E-state index in [1.807, 2.05) is 0 Å². The Bertz CT molecular complexity index is 256. The van der Waals surface area contributed by atoms with Crippen LogP contribution in [-0.4, -0.2) is 23.5 Å². The Morgan fingerprint density at radius 1 is 0.700 bits per heavy atom. The van der Waals surface area contributed by atoms with Crippen LogP contribution in [0.15, 0.2) is 0 Å². The van der Waals surface area contributed by atoms with E-state index in [4.69, 9.17) is 11.5 Å². The van der Waals surface area contributed by atoms with Gasteiger partial charge in [0.15, 0.2) is 0 Å². The van der Waals surface area contributed by atoms with E-state index in [-0.39, 0.29) is 0 Å². The van der Waals surface area contributed by atoms with Crippen molar-refractivity contribution in [2.45, 2.75) is 77.6 Å². The van der Waals surface area contributed by atoms with Gasteiger partial charge in [-0.05, 0) is 6.42 Å². The van der Waals surface area contributed by atoms with E-state index in [9.17, 15) is 9.59 Å². The van der Waals surface area contributed by atoms with Crippen molar-refractivity contribution < 1.29 is 9.59 Å². The highest BCUT2D eigenvalue weighted by Gasteiger charge is 2.14. The SMILES string of the molecule is CCCCCCCCCCCCCN(C(N)=O)C(N)=O. The molecule has 0 rings (SSSR count). The van der Waals surface area contributed by atoms with Crippen molar-refractivity contribution in [3.63, 3.8) is 0 Å². The minimum atomic E-state index is -0.760. The van der Waals surface area contributed by atoms with Gasteiger partial charge < -0.3 is 11.5 Å². The molecule has 0 aliphatic rings. The lowest BCUT2D eigenvalue weighted by Gasteiger charge is -2.15. The minimum absolute atomic E-state index is 0.335. The highest BCUT2D eigenvalue weighted by atomic mass is 16.2. The molecule has 20 heavy (non-hydrogen) atoms. The molecule has 0 unspecified atom stereocenters. The van der Waals surface area contributed by atoms with Crippen molar-refractivity contribution in [2.75, 3.05) is 6.54 Å². The fraction of sp³-hybridized carbons (Fsp3) is 0.867. The third-order valence-electron chi connectivity index (χ3n) is 3.52. The summed E-state index contributed by atoms with van der Waals surface area (Å²) in [5.74, 6) is 0. The molecule has 0 aromatic carbocycles. The second-order valence-corrected chi connectivity index (χ2v) is 5.36. The van der Waals surface area contributed by atoms with E-state index in [1.54, 1.807) is 0 Å². The van der Waals surface area contributed by atoms with E-state index in [0.29, 0.717) is 6.54 Å². The lowest BCUT2D eigenvalue weighted by molar-refractivity contribution is 0.196. The molecule has 0 fully saturated rings. The van der Waals surface area contributed by atoms with E-state index in [0.717, 1.165) is 24.2 Å². The lowest BCUT2D eigenvalue weighted by atomic mass is 10.1. The highest BCUT2D eigenvalue weighted by Crippen LogP contribution is 2.11. The Labute approximate surface area is 123 Å². The number of hydrogen-bond donors (Lipinski definition) is 2. The van der Waals surface area contributed by atoms with Gasteiger partial charge in [-0.2, -0.15) is 0 Å². The molecule has 0 heterocycles. The Morgan fingerprint density at radius 2 is 1.05 bits per heavy atom. The van der Waals surface area contributed by atoms with Crippen LogP contribution in [0.5, 0.6) is 0 Å². The zero-order valence-corrected chi connectivity index (χ0v) is 12.9. The van der Waals surface area contributed by atoms with E-state index >= 15 is 0 Å². The Balaban J connectivity index is 3.32. The Hall–Kier alpha value is -1.26. The molecule has 0 atom stereocenters. The smallest absolute Gasteiger partial charge is 0.322 e. The third-order valence-corrected chi connectivity index (χ3v) is 3.52. The molecule has 0 aliphatic carbocycles. The number of urea groups is 2. The second-order valence-electron chi connectivity index (χ2n) is 5.36. The predicted octanol–water partition coefficient (Wildman–Crippen LogP) is 3.76. The van der Waals surface area contributed by atoms with Crippen LogP contribution in [0.4, 0.5) is 9.59 Å². The number of carbonyl (C=O) groups excluding carboxylic acids is 2. The van der Waals surface area contributed by atoms with Crippen LogP contribution in [0.25, 0.3) is 0 Å². The standard InChI is InChI=1S/C15H31N3O2/c1-2-3-4-5-6-7-8-9-10-11-12-13-18(14(16)19)15(17)20/h2-13H2,1H3,(H2,16,19)(H2,17,20). The summed E-state index contributed by atoms with van der Waals surface area (Å²) in [6.45, 7) is 2.57. The molecule has 118 valence electrons. The maximum absolute atomic E-state index is 10.9. The molecule has 0 aliphatic heterocycles. The number of imide groups is 1. The van der Waals surface area contributed by atoms with Crippen LogP contribution < -0.4 is 11.5 Å². The summed E-state index contributed by atoms with van der Waals surface area (Å²) in [5.41, 5.74) is 10.1. The number of nitrogens with two attached hydrogens (primary N) is 2. The molecule has 0 spiro atoms. The van der Waals surface area contributed by atoms with Crippen LogP contribution in [0, 0.1) is 0 Å². The number of amides is 4. The Kier molecular flexibility index (Phi) is 12.0. The molecule has 0 aromatic heterocycles. The van der Waals surface area contributed by atoms with Crippen LogP contribution in [0.2, 0.25) is 0 Å². The quantitative estimate of drug-likeness (QED) is 0.535. The van der Waals surface area contributed by atoms with Gasteiger partial charge in [0.1, 0.15) is 0 Å². The molecule has 0 aromatic rings. The van der Waals surface area contributed by atoms with Crippen molar-refractivity contribution >= 4 is 12.1 Å². The molecule has 4 amide bonds. The van der Waals surface area contributed by atoms with Gasteiger partial charge in [-0.3, -0.25) is 0 Å². The molecule has 0 saturated heterocycles. The van der Waals surface area contributed by atoms with Gasteiger partial charge in [-0.15, -0.1) is 0 Å². The normalized spacial score (nSPS) is 10.4. The van der Waals surface area contributed by atoms with E-state index in [1.165, 1.54) is 51.4 Å². The first-order chi connectivity index (χ1) is 9.59. The van der Waals surface area contributed by atoms with Gasteiger partial charge in [0.05, 0.1) is 0 Å². The maximum atomic E-state index is 10.9. The largest absolute Gasteiger partial charge is 0.351 e. The highest BCUT2D eigenvalue weighted by molar-refractivity contribution is 5.91. The van der Waals surface area contributed by atoms with Crippen LogP contribution in [0.3, 0.4) is 0 Å². The summed E-state index contributed by atoms with van der Waals surface area (Å²) < 4.78 is 0. The summed E-state index contributed by atoms with van der Waals surface area (Å²) in [7, 11) is 0.